The van der Waals surface area contributed by atoms with Crippen LogP contribution in [0.1, 0.15) is 12.0 Å². The zero-order valence-corrected chi connectivity index (χ0v) is 11.1. The monoisotopic (exact) mass is 272 g/mol. The van der Waals surface area contributed by atoms with Crippen molar-refractivity contribution in [1.82, 2.24) is 0 Å². The van der Waals surface area contributed by atoms with E-state index < -0.39 is 10.7 Å². The van der Waals surface area contributed by atoms with Gasteiger partial charge in [-0.3, -0.25) is 4.79 Å². The normalized spacial score (nSPS) is 14.1. The van der Waals surface area contributed by atoms with E-state index in [2.05, 4.69) is 25.3 Å². The van der Waals surface area contributed by atoms with Crippen molar-refractivity contribution in [3.63, 3.8) is 0 Å². The van der Waals surface area contributed by atoms with Gasteiger partial charge >= 0.3 is 5.97 Å². The number of carbonyl (C=O) groups is 1. The van der Waals surface area contributed by atoms with Gasteiger partial charge in [0.15, 0.2) is 4.75 Å². The molecule has 0 heterocycles. The van der Waals surface area contributed by atoms with Gasteiger partial charge in [-0.15, -0.1) is 12.6 Å². The average molecular weight is 272 g/mol. The molecule has 1 aromatic carbocycles. The predicted molar refractivity (Wildman–Crippen MR) is 75.7 cm³/mol. The molecule has 0 fully saturated rings. The van der Waals surface area contributed by atoms with Crippen LogP contribution in [0.3, 0.4) is 0 Å². The topological polar surface area (TPSA) is 37.3 Å². The number of thiol groups is 2. The van der Waals surface area contributed by atoms with Gasteiger partial charge in [0, 0.05) is 0 Å². The van der Waals surface area contributed by atoms with Crippen molar-refractivity contribution >= 4 is 47.6 Å². The first-order valence-corrected chi connectivity index (χ1v) is 6.00. The Morgan fingerprint density at radius 3 is 2.38 bits per heavy atom. The third-order valence-corrected chi connectivity index (χ3v) is 4.02. The third kappa shape index (κ3) is 3.23. The highest BCUT2D eigenvalue weighted by atomic mass is 32.1. The summed E-state index contributed by atoms with van der Waals surface area (Å²) in [5, 5.41) is 9.07. The number of rotatable bonds is 5. The molecular weight excluding hydrogens is 260 g/mol. The van der Waals surface area contributed by atoms with E-state index in [9.17, 15) is 4.79 Å². The van der Waals surface area contributed by atoms with E-state index in [4.69, 9.17) is 17.3 Å². The van der Waals surface area contributed by atoms with Crippen molar-refractivity contribution < 1.29 is 9.90 Å². The number of benzene rings is 1. The lowest BCUT2D eigenvalue weighted by Gasteiger charge is -2.21. The fraction of sp³-hybridized carbons (Fsp3) is 0.273. The lowest BCUT2D eigenvalue weighted by Crippen LogP contribution is -2.38. The lowest BCUT2D eigenvalue weighted by molar-refractivity contribution is -0.137. The Balaban J connectivity index is 2.72. The molecule has 0 aromatic heterocycles. The quantitative estimate of drug-likeness (QED) is 0.570. The molecule has 0 aliphatic heterocycles. The Morgan fingerprint density at radius 2 is 1.94 bits per heavy atom. The zero-order valence-electron chi connectivity index (χ0n) is 8.46. The summed E-state index contributed by atoms with van der Waals surface area (Å²) in [6.45, 7) is 0. The predicted octanol–water partition coefficient (Wildman–Crippen LogP) is 2.63. The first-order valence-electron chi connectivity index (χ1n) is 4.70. The fourth-order valence-electron chi connectivity index (χ4n) is 1.28. The summed E-state index contributed by atoms with van der Waals surface area (Å²) in [6, 6.07) is 9.62. The van der Waals surface area contributed by atoms with E-state index in [-0.39, 0.29) is 4.20 Å². The molecule has 0 aliphatic carbocycles. The van der Waals surface area contributed by atoms with Gasteiger partial charge in [-0.05, 0) is 18.4 Å². The molecule has 16 heavy (non-hydrogen) atoms. The average Bonchev–Trinajstić information content (AvgIpc) is 2.26. The highest BCUT2D eigenvalue weighted by molar-refractivity contribution is 8.13. The highest BCUT2D eigenvalue weighted by Gasteiger charge is 2.37. The molecule has 1 rings (SSSR count). The number of thiocarbonyl (C=S) groups is 1. The van der Waals surface area contributed by atoms with Gasteiger partial charge in [0.2, 0.25) is 0 Å². The molecule has 86 valence electrons. The molecule has 0 spiro atoms. The molecule has 0 bridgehead atoms. The molecule has 0 saturated carbocycles. The molecule has 2 nitrogen and oxygen atoms in total. The van der Waals surface area contributed by atoms with Crippen molar-refractivity contribution in [2.75, 3.05) is 0 Å². The van der Waals surface area contributed by atoms with Crippen LogP contribution in [0.4, 0.5) is 0 Å². The van der Waals surface area contributed by atoms with Gasteiger partial charge in [0.05, 0.1) is 4.20 Å². The zero-order chi connectivity index (χ0) is 12.2. The van der Waals surface area contributed by atoms with Gasteiger partial charge in [-0.25, -0.2) is 0 Å². The summed E-state index contributed by atoms with van der Waals surface area (Å²) in [5.74, 6) is -1.05. The Kier molecular flexibility index (Phi) is 4.83. The number of carboxylic acid groups (broad SMARTS) is 1. The smallest absolute Gasteiger partial charge is 0.325 e. The van der Waals surface area contributed by atoms with Crippen LogP contribution < -0.4 is 0 Å². The molecule has 1 atom stereocenters. The van der Waals surface area contributed by atoms with Crippen LogP contribution in [0, 0.1) is 0 Å². The largest absolute Gasteiger partial charge is 0.480 e. The van der Waals surface area contributed by atoms with Gasteiger partial charge in [-0.1, -0.05) is 42.5 Å². The lowest BCUT2D eigenvalue weighted by atomic mass is 10.00. The van der Waals surface area contributed by atoms with Gasteiger partial charge < -0.3 is 5.11 Å². The number of hydrogen-bond acceptors (Lipinski definition) is 3. The summed E-state index contributed by atoms with van der Waals surface area (Å²) in [4.78, 5) is 11.1. The van der Waals surface area contributed by atoms with Crippen LogP contribution in [-0.2, 0) is 11.2 Å². The molecule has 1 unspecified atom stereocenters. The van der Waals surface area contributed by atoms with Gasteiger partial charge in [-0.2, -0.15) is 12.6 Å². The molecule has 1 N–H and O–H groups in total. The molecule has 1 aromatic rings. The van der Waals surface area contributed by atoms with E-state index in [1.807, 2.05) is 30.3 Å². The van der Waals surface area contributed by atoms with Gasteiger partial charge in [0.25, 0.3) is 0 Å². The van der Waals surface area contributed by atoms with Crippen molar-refractivity contribution in [3.8, 4) is 0 Å². The summed E-state index contributed by atoms with van der Waals surface area (Å²) >= 11 is 12.9. The molecule has 0 aliphatic rings. The third-order valence-electron chi connectivity index (χ3n) is 2.33. The second-order valence-electron chi connectivity index (χ2n) is 3.46. The van der Waals surface area contributed by atoms with Crippen LogP contribution in [0.5, 0.6) is 0 Å². The summed E-state index contributed by atoms with van der Waals surface area (Å²) in [5.41, 5.74) is 1.06. The maximum absolute atomic E-state index is 11.1. The summed E-state index contributed by atoms with van der Waals surface area (Å²) < 4.78 is -1.24. The number of hydrogen-bond donors (Lipinski definition) is 3. The minimum absolute atomic E-state index is 0.0965. The highest BCUT2D eigenvalue weighted by Crippen LogP contribution is 2.26. The second-order valence-corrected chi connectivity index (χ2v) is 5.38. The molecule has 0 radical (unpaired) electrons. The Hall–Kier alpha value is -0.520. The van der Waals surface area contributed by atoms with E-state index in [0.717, 1.165) is 5.56 Å². The van der Waals surface area contributed by atoms with Crippen LogP contribution in [0.2, 0.25) is 0 Å². The van der Waals surface area contributed by atoms with Crippen molar-refractivity contribution in [3.05, 3.63) is 35.9 Å². The van der Waals surface area contributed by atoms with Crippen LogP contribution in [-0.4, -0.2) is 20.0 Å². The Labute approximate surface area is 111 Å². The minimum Gasteiger partial charge on any atom is -0.480 e. The van der Waals surface area contributed by atoms with E-state index in [1.165, 1.54) is 0 Å². The second kappa shape index (κ2) is 5.70. The number of aryl methyl sites for hydroxylation is 1. The fourth-order valence-corrected chi connectivity index (χ4v) is 1.78. The van der Waals surface area contributed by atoms with Crippen LogP contribution in [0.15, 0.2) is 30.3 Å². The maximum Gasteiger partial charge on any atom is 0.325 e. The standard InChI is InChI=1S/C11H12O2S3/c12-9(13)11(16,10(14)15)7-6-8-4-2-1-3-5-8/h1-5,16H,6-7H2,(H,12,13)(H,14,15). The number of carboxylic acids is 1. The van der Waals surface area contributed by atoms with E-state index in [1.54, 1.807) is 0 Å². The van der Waals surface area contributed by atoms with Crippen molar-refractivity contribution in [1.29, 1.82) is 0 Å². The molecule has 0 amide bonds. The van der Waals surface area contributed by atoms with Crippen molar-refractivity contribution in [2.45, 2.75) is 17.6 Å². The Bertz CT molecular complexity index is 375. The summed E-state index contributed by atoms with van der Waals surface area (Å²) in [7, 11) is 0. The molecule has 0 saturated heterocycles. The number of aliphatic carboxylic acids is 1. The molecular formula is C11H12O2S3. The van der Waals surface area contributed by atoms with E-state index >= 15 is 0 Å². The SMILES string of the molecule is O=C(O)C(S)(CCc1ccccc1)C(=S)S. The van der Waals surface area contributed by atoms with Crippen LogP contribution >= 0.6 is 37.5 Å². The first kappa shape index (κ1) is 13.5. The van der Waals surface area contributed by atoms with E-state index in [0.29, 0.717) is 12.8 Å². The summed E-state index contributed by atoms with van der Waals surface area (Å²) in [6.07, 6.45) is 0.940. The van der Waals surface area contributed by atoms with Crippen LogP contribution in [0.25, 0.3) is 0 Å². The van der Waals surface area contributed by atoms with Gasteiger partial charge in [0.1, 0.15) is 0 Å². The minimum atomic E-state index is -1.34. The molecule has 5 heteroatoms. The maximum atomic E-state index is 11.1. The first-order chi connectivity index (χ1) is 7.47. The van der Waals surface area contributed by atoms with Crippen molar-refractivity contribution in [2.24, 2.45) is 0 Å². The Morgan fingerprint density at radius 1 is 1.38 bits per heavy atom.